The highest BCUT2D eigenvalue weighted by molar-refractivity contribution is 5.95. The first-order chi connectivity index (χ1) is 8.77. The van der Waals surface area contributed by atoms with E-state index in [4.69, 9.17) is 4.74 Å². The van der Waals surface area contributed by atoms with Crippen LogP contribution in [0.3, 0.4) is 0 Å². The SMILES string of the molecule is O=C1CCCCC(=O)N1CCOC1CCNCC1. The van der Waals surface area contributed by atoms with Gasteiger partial charge in [-0.1, -0.05) is 0 Å². The van der Waals surface area contributed by atoms with Crippen molar-refractivity contribution in [2.24, 2.45) is 0 Å². The summed E-state index contributed by atoms with van der Waals surface area (Å²) in [6.07, 6.45) is 4.97. The molecule has 0 atom stereocenters. The van der Waals surface area contributed by atoms with E-state index in [1.165, 1.54) is 4.90 Å². The molecule has 2 aliphatic heterocycles. The number of nitrogens with one attached hydrogen (secondary N) is 1. The third kappa shape index (κ3) is 3.78. The van der Waals surface area contributed by atoms with Crippen LogP contribution in [-0.2, 0) is 14.3 Å². The molecule has 0 bridgehead atoms. The Morgan fingerprint density at radius 3 is 2.33 bits per heavy atom. The number of rotatable bonds is 4. The Kier molecular flexibility index (Phi) is 5.13. The molecule has 5 nitrogen and oxygen atoms in total. The molecule has 0 spiro atoms. The first kappa shape index (κ1) is 13.5. The number of carbonyl (C=O) groups excluding carboxylic acids is 2. The highest BCUT2D eigenvalue weighted by Gasteiger charge is 2.24. The standard InChI is InChI=1S/C13H22N2O3/c16-12-3-1-2-4-13(17)15(12)9-10-18-11-5-7-14-8-6-11/h11,14H,1-10H2. The fourth-order valence-corrected chi connectivity index (χ4v) is 2.48. The Morgan fingerprint density at radius 1 is 1.11 bits per heavy atom. The molecule has 1 N–H and O–H groups in total. The van der Waals surface area contributed by atoms with E-state index in [-0.39, 0.29) is 17.9 Å². The Balaban J connectivity index is 1.73. The minimum atomic E-state index is -0.0357. The summed E-state index contributed by atoms with van der Waals surface area (Å²) in [6, 6.07) is 0. The van der Waals surface area contributed by atoms with Gasteiger partial charge in [-0.2, -0.15) is 0 Å². The van der Waals surface area contributed by atoms with Crippen LogP contribution in [0.15, 0.2) is 0 Å². The first-order valence-electron chi connectivity index (χ1n) is 6.93. The second-order valence-electron chi connectivity index (χ2n) is 4.97. The van der Waals surface area contributed by atoms with Crippen molar-refractivity contribution in [1.82, 2.24) is 10.2 Å². The van der Waals surface area contributed by atoms with Gasteiger partial charge >= 0.3 is 0 Å². The van der Waals surface area contributed by atoms with Crippen LogP contribution in [0.2, 0.25) is 0 Å². The molecule has 2 saturated heterocycles. The number of ether oxygens (including phenoxy) is 1. The zero-order valence-corrected chi connectivity index (χ0v) is 10.8. The van der Waals surface area contributed by atoms with Gasteiger partial charge in [0.2, 0.25) is 11.8 Å². The van der Waals surface area contributed by atoms with E-state index in [9.17, 15) is 9.59 Å². The average Bonchev–Trinajstić information content (AvgIpc) is 2.54. The second-order valence-corrected chi connectivity index (χ2v) is 4.97. The van der Waals surface area contributed by atoms with Crippen molar-refractivity contribution in [1.29, 1.82) is 0 Å². The lowest BCUT2D eigenvalue weighted by atomic mass is 10.1. The molecule has 0 aromatic carbocycles. The minimum absolute atomic E-state index is 0.0357. The number of hydrogen-bond donors (Lipinski definition) is 1. The summed E-state index contributed by atoms with van der Waals surface area (Å²) >= 11 is 0. The van der Waals surface area contributed by atoms with E-state index in [1.54, 1.807) is 0 Å². The molecule has 5 heteroatoms. The highest BCUT2D eigenvalue weighted by atomic mass is 16.5. The van der Waals surface area contributed by atoms with E-state index < -0.39 is 0 Å². The summed E-state index contributed by atoms with van der Waals surface area (Å²) in [5.41, 5.74) is 0. The Hall–Kier alpha value is -0.940. The third-order valence-corrected chi connectivity index (χ3v) is 3.59. The normalized spacial score (nSPS) is 23.2. The number of likely N-dealkylation sites (tertiary alicyclic amines) is 1. The van der Waals surface area contributed by atoms with Crippen molar-refractivity contribution < 1.29 is 14.3 Å². The number of carbonyl (C=O) groups is 2. The van der Waals surface area contributed by atoms with Crippen LogP contribution in [0.5, 0.6) is 0 Å². The molecule has 2 amide bonds. The molecule has 2 aliphatic rings. The maximum absolute atomic E-state index is 11.7. The smallest absolute Gasteiger partial charge is 0.229 e. The van der Waals surface area contributed by atoms with Crippen molar-refractivity contribution in [2.45, 2.75) is 44.6 Å². The second kappa shape index (κ2) is 6.85. The number of imide groups is 1. The van der Waals surface area contributed by atoms with Crippen LogP contribution in [-0.4, -0.2) is 49.1 Å². The summed E-state index contributed by atoms with van der Waals surface area (Å²) in [7, 11) is 0. The molecule has 0 aliphatic carbocycles. The van der Waals surface area contributed by atoms with Gasteiger partial charge < -0.3 is 10.1 Å². The first-order valence-corrected chi connectivity index (χ1v) is 6.93. The van der Waals surface area contributed by atoms with Gasteiger partial charge in [-0.25, -0.2) is 0 Å². The lowest BCUT2D eigenvalue weighted by Gasteiger charge is -2.25. The van der Waals surface area contributed by atoms with Gasteiger partial charge in [-0.15, -0.1) is 0 Å². The van der Waals surface area contributed by atoms with Gasteiger partial charge in [-0.05, 0) is 38.8 Å². The van der Waals surface area contributed by atoms with Crippen molar-refractivity contribution in [3.05, 3.63) is 0 Å². The molecule has 0 unspecified atom stereocenters. The van der Waals surface area contributed by atoms with Crippen LogP contribution in [0.25, 0.3) is 0 Å². The minimum Gasteiger partial charge on any atom is -0.376 e. The number of amides is 2. The van der Waals surface area contributed by atoms with Crippen molar-refractivity contribution in [3.8, 4) is 0 Å². The maximum atomic E-state index is 11.7. The molecule has 2 fully saturated rings. The van der Waals surface area contributed by atoms with Crippen molar-refractivity contribution in [3.63, 3.8) is 0 Å². The predicted molar refractivity (Wildman–Crippen MR) is 67.0 cm³/mol. The molecular weight excluding hydrogens is 232 g/mol. The molecule has 0 aromatic heterocycles. The van der Waals surface area contributed by atoms with Gasteiger partial charge in [0.1, 0.15) is 0 Å². The maximum Gasteiger partial charge on any atom is 0.229 e. The molecule has 0 radical (unpaired) electrons. The van der Waals surface area contributed by atoms with E-state index in [0.717, 1.165) is 38.8 Å². The molecule has 2 heterocycles. The van der Waals surface area contributed by atoms with Gasteiger partial charge in [0.05, 0.1) is 19.3 Å². The van der Waals surface area contributed by atoms with E-state index >= 15 is 0 Å². The number of hydrogen-bond acceptors (Lipinski definition) is 4. The predicted octanol–water partition coefficient (Wildman–Crippen LogP) is 0.684. The molecule has 0 saturated carbocycles. The van der Waals surface area contributed by atoms with Crippen LogP contribution >= 0.6 is 0 Å². The van der Waals surface area contributed by atoms with Gasteiger partial charge in [0.25, 0.3) is 0 Å². The fourth-order valence-electron chi connectivity index (χ4n) is 2.48. The van der Waals surface area contributed by atoms with Gasteiger partial charge in [0, 0.05) is 12.8 Å². The van der Waals surface area contributed by atoms with Gasteiger partial charge in [-0.3, -0.25) is 14.5 Å². The molecule has 0 aromatic rings. The van der Waals surface area contributed by atoms with E-state index in [2.05, 4.69) is 5.32 Å². The summed E-state index contributed by atoms with van der Waals surface area (Å²) in [5.74, 6) is -0.0715. The fraction of sp³-hybridized carbons (Fsp3) is 0.846. The third-order valence-electron chi connectivity index (χ3n) is 3.59. The van der Waals surface area contributed by atoms with Crippen LogP contribution in [0, 0.1) is 0 Å². The summed E-state index contributed by atoms with van der Waals surface area (Å²) in [6.45, 7) is 2.88. The van der Waals surface area contributed by atoms with Crippen molar-refractivity contribution >= 4 is 11.8 Å². The van der Waals surface area contributed by atoms with Crippen molar-refractivity contribution in [2.75, 3.05) is 26.2 Å². The molecule has 2 rings (SSSR count). The molecule has 18 heavy (non-hydrogen) atoms. The topological polar surface area (TPSA) is 58.6 Å². The lowest BCUT2D eigenvalue weighted by Crippen LogP contribution is -2.39. The summed E-state index contributed by atoms with van der Waals surface area (Å²) in [5, 5.41) is 3.28. The Bertz CT molecular complexity index is 283. The summed E-state index contributed by atoms with van der Waals surface area (Å²) < 4.78 is 5.74. The highest BCUT2D eigenvalue weighted by Crippen LogP contribution is 2.13. The monoisotopic (exact) mass is 254 g/mol. The molecular formula is C13H22N2O3. The van der Waals surface area contributed by atoms with Crippen LogP contribution in [0.1, 0.15) is 38.5 Å². The Labute approximate surface area is 108 Å². The van der Waals surface area contributed by atoms with E-state index in [0.29, 0.717) is 26.0 Å². The zero-order valence-electron chi connectivity index (χ0n) is 10.8. The average molecular weight is 254 g/mol. The van der Waals surface area contributed by atoms with Crippen LogP contribution in [0.4, 0.5) is 0 Å². The quantitative estimate of drug-likeness (QED) is 0.750. The lowest BCUT2D eigenvalue weighted by molar-refractivity contribution is -0.145. The Morgan fingerprint density at radius 2 is 1.72 bits per heavy atom. The number of piperidine rings is 1. The number of nitrogens with zero attached hydrogens (tertiary/aromatic N) is 1. The largest absolute Gasteiger partial charge is 0.376 e. The summed E-state index contributed by atoms with van der Waals surface area (Å²) in [4.78, 5) is 24.9. The van der Waals surface area contributed by atoms with Gasteiger partial charge in [0.15, 0.2) is 0 Å². The van der Waals surface area contributed by atoms with E-state index in [1.807, 2.05) is 0 Å². The zero-order chi connectivity index (χ0) is 12.8. The van der Waals surface area contributed by atoms with Crippen LogP contribution < -0.4 is 5.32 Å². The molecule has 102 valence electrons.